The largest absolute Gasteiger partial charge is 0.354 e. The minimum Gasteiger partial charge on any atom is -0.354 e. The highest BCUT2D eigenvalue weighted by Gasteiger charge is 2.23. The van der Waals surface area contributed by atoms with Crippen LogP contribution < -0.4 is 10.6 Å². The molecule has 2 unspecified atom stereocenters. The number of hydrogen-bond acceptors (Lipinski definition) is 4. The molecule has 2 rings (SSSR count). The van der Waals surface area contributed by atoms with Crippen LogP contribution in [-0.2, 0) is 6.54 Å². The van der Waals surface area contributed by atoms with Crippen molar-refractivity contribution in [1.29, 1.82) is 0 Å². The normalized spacial score (nSPS) is 25.8. The maximum atomic E-state index is 5.65. The fraction of sp³-hybridized carbons (Fsp3) is 0.583. The Labute approximate surface area is 101 Å². The van der Waals surface area contributed by atoms with E-state index in [0.29, 0.717) is 17.0 Å². The lowest BCUT2D eigenvalue weighted by molar-refractivity contribution is 0.717. The molecule has 2 heterocycles. The summed E-state index contributed by atoms with van der Waals surface area (Å²) in [5.41, 5.74) is 6.81. The molecule has 3 nitrogen and oxygen atoms in total. The molecule has 88 valence electrons. The van der Waals surface area contributed by atoms with Crippen molar-refractivity contribution in [2.24, 2.45) is 5.73 Å². The highest BCUT2D eigenvalue weighted by atomic mass is 32.2. The van der Waals surface area contributed by atoms with Gasteiger partial charge in [0.2, 0.25) is 0 Å². The average molecular weight is 237 g/mol. The van der Waals surface area contributed by atoms with E-state index in [2.05, 4.69) is 41.6 Å². The van der Waals surface area contributed by atoms with Gasteiger partial charge in [0.05, 0.1) is 0 Å². The number of nitrogens with zero attached hydrogens (tertiary/aromatic N) is 2. The van der Waals surface area contributed by atoms with Gasteiger partial charge in [-0.2, -0.15) is 11.8 Å². The van der Waals surface area contributed by atoms with Crippen LogP contribution in [0.25, 0.3) is 0 Å². The summed E-state index contributed by atoms with van der Waals surface area (Å²) in [5, 5.41) is 1.35. The van der Waals surface area contributed by atoms with Gasteiger partial charge < -0.3 is 10.6 Å². The van der Waals surface area contributed by atoms with Crippen molar-refractivity contribution >= 4 is 17.6 Å². The van der Waals surface area contributed by atoms with Crippen molar-refractivity contribution < 1.29 is 0 Å². The average Bonchev–Trinajstić information content (AvgIpc) is 2.28. The van der Waals surface area contributed by atoms with E-state index < -0.39 is 0 Å². The van der Waals surface area contributed by atoms with E-state index in [1.165, 1.54) is 0 Å². The quantitative estimate of drug-likeness (QED) is 0.852. The van der Waals surface area contributed by atoms with E-state index in [0.717, 1.165) is 24.5 Å². The molecule has 16 heavy (non-hydrogen) atoms. The van der Waals surface area contributed by atoms with Crippen LogP contribution in [-0.4, -0.2) is 28.6 Å². The number of thioether (sulfide) groups is 1. The molecule has 1 saturated heterocycles. The van der Waals surface area contributed by atoms with Crippen LogP contribution in [0.5, 0.6) is 0 Å². The van der Waals surface area contributed by atoms with Crippen molar-refractivity contribution in [1.82, 2.24) is 4.98 Å². The Bertz CT molecular complexity index is 346. The zero-order chi connectivity index (χ0) is 11.5. The lowest BCUT2D eigenvalue weighted by atomic mass is 10.2. The third-order valence-electron chi connectivity index (χ3n) is 2.79. The van der Waals surface area contributed by atoms with E-state index >= 15 is 0 Å². The molecular weight excluding hydrogens is 218 g/mol. The fourth-order valence-electron chi connectivity index (χ4n) is 2.13. The summed E-state index contributed by atoms with van der Waals surface area (Å²) in [6.07, 6.45) is 1.86. The summed E-state index contributed by atoms with van der Waals surface area (Å²) in [4.78, 5) is 6.81. The number of hydrogen-bond donors (Lipinski definition) is 1. The van der Waals surface area contributed by atoms with Crippen LogP contribution in [0.2, 0.25) is 0 Å². The Kier molecular flexibility index (Phi) is 3.71. The Hall–Kier alpha value is -0.740. The Morgan fingerprint density at radius 1 is 1.44 bits per heavy atom. The van der Waals surface area contributed by atoms with Crippen LogP contribution >= 0.6 is 11.8 Å². The predicted molar refractivity (Wildman–Crippen MR) is 70.9 cm³/mol. The van der Waals surface area contributed by atoms with Crippen LogP contribution in [0, 0.1) is 0 Å². The molecule has 4 heteroatoms. The van der Waals surface area contributed by atoms with Crippen molar-refractivity contribution in [3.63, 3.8) is 0 Å². The van der Waals surface area contributed by atoms with E-state index in [1.54, 1.807) is 0 Å². The number of aromatic nitrogens is 1. The molecule has 2 atom stereocenters. The summed E-state index contributed by atoms with van der Waals surface area (Å²) in [7, 11) is 0. The minimum atomic E-state index is 0.587. The molecule has 0 bridgehead atoms. The van der Waals surface area contributed by atoms with Gasteiger partial charge in [-0.05, 0) is 17.7 Å². The van der Waals surface area contributed by atoms with Gasteiger partial charge in [-0.3, -0.25) is 0 Å². The van der Waals surface area contributed by atoms with Gasteiger partial charge in [0.15, 0.2) is 0 Å². The number of nitrogens with two attached hydrogens (primary N) is 1. The SMILES string of the molecule is CC1CN(c2cc(CN)ccn2)CC(C)S1. The third kappa shape index (κ3) is 2.68. The first kappa shape index (κ1) is 11.7. The monoisotopic (exact) mass is 237 g/mol. The minimum absolute atomic E-state index is 0.587. The second kappa shape index (κ2) is 5.06. The molecular formula is C12H19N3S. The van der Waals surface area contributed by atoms with E-state index in [-0.39, 0.29) is 0 Å². The fourth-order valence-corrected chi connectivity index (χ4v) is 3.45. The van der Waals surface area contributed by atoms with Crippen LogP contribution in [0.3, 0.4) is 0 Å². The summed E-state index contributed by atoms with van der Waals surface area (Å²) >= 11 is 2.06. The summed E-state index contributed by atoms with van der Waals surface area (Å²) in [5.74, 6) is 1.07. The van der Waals surface area contributed by atoms with E-state index in [4.69, 9.17) is 5.73 Å². The lowest BCUT2D eigenvalue weighted by Crippen LogP contribution is -2.40. The summed E-state index contributed by atoms with van der Waals surface area (Å²) < 4.78 is 0. The highest BCUT2D eigenvalue weighted by molar-refractivity contribution is 8.00. The van der Waals surface area contributed by atoms with Gasteiger partial charge in [-0.25, -0.2) is 4.98 Å². The molecule has 0 aliphatic carbocycles. The molecule has 0 aromatic carbocycles. The molecule has 1 fully saturated rings. The molecule has 2 N–H and O–H groups in total. The van der Waals surface area contributed by atoms with Crippen LogP contribution in [0.15, 0.2) is 18.3 Å². The zero-order valence-corrected chi connectivity index (χ0v) is 10.7. The van der Waals surface area contributed by atoms with Crippen molar-refractivity contribution in [3.05, 3.63) is 23.9 Å². The van der Waals surface area contributed by atoms with E-state index in [1.807, 2.05) is 12.3 Å². The molecule has 1 aliphatic rings. The topological polar surface area (TPSA) is 42.1 Å². The predicted octanol–water partition coefficient (Wildman–Crippen LogP) is 1.87. The maximum absolute atomic E-state index is 5.65. The maximum Gasteiger partial charge on any atom is 0.128 e. The first-order chi connectivity index (χ1) is 7.69. The molecule has 1 aromatic heterocycles. The molecule has 0 amide bonds. The van der Waals surface area contributed by atoms with Gasteiger partial charge in [-0.1, -0.05) is 13.8 Å². The first-order valence-electron chi connectivity index (χ1n) is 5.74. The van der Waals surface area contributed by atoms with Crippen molar-refractivity contribution in [2.75, 3.05) is 18.0 Å². The first-order valence-corrected chi connectivity index (χ1v) is 6.68. The Balaban J connectivity index is 2.16. The van der Waals surface area contributed by atoms with Gasteiger partial charge >= 0.3 is 0 Å². The number of pyridine rings is 1. The molecule has 0 spiro atoms. The van der Waals surface area contributed by atoms with E-state index in [9.17, 15) is 0 Å². The summed E-state index contributed by atoms with van der Waals surface area (Å²) in [6.45, 7) is 7.30. The highest BCUT2D eigenvalue weighted by Crippen LogP contribution is 2.27. The Morgan fingerprint density at radius 2 is 2.12 bits per heavy atom. The van der Waals surface area contributed by atoms with Crippen LogP contribution in [0.1, 0.15) is 19.4 Å². The van der Waals surface area contributed by atoms with Gasteiger partial charge in [0.1, 0.15) is 5.82 Å². The smallest absolute Gasteiger partial charge is 0.128 e. The number of anilines is 1. The molecule has 1 aromatic rings. The van der Waals surface area contributed by atoms with Gasteiger partial charge in [0.25, 0.3) is 0 Å². The zero-order valence-electron chi connectivity index (χ0n) is 9.89. The van der Waals surface area contributed by atoms with Crippen LogP contribution in [0.4, 0.5) is 5.82 Å². The van der Waals surface area contributed by atoms with Crippen molar-refractivity contribution in [2.45, 2.75) is 30.9 Å². The standard InChI is InChI=1S/C12H19N3S/c1-9-7-15(8-10(2)16-9)12-5-11(6-13)3-4-14-12/h3-5,9-10H,6-8,13H2,1-2H3. The third-order valence-corrected chi connectivity index (χ3v) is 4.02. The second-order valence-electron chi connectivity index (χ2n) is 4.39. The Morgan fingerprint density at radius 3 is 2.75 bits per heavy atom. The second-order valence-corrected chi connectivity index (χ2v) is 6.27. The van der Waals surface area contributed by atoms with Gasteiger partial charge in [0, 0.05) is 36.3 Å². The van der Waals surface area contributed by atoms with Crippen molar-refractivity contribution in [3.8, 4) is 0 Å². The summed E-state index contributed by atoms with van der Waals surface area (Å²) in [6, 6.07) is 4.09. The molecule has 1 aliphatic heterocycles. The van der Waals surface area contributed by atoms with Gasteiger partial charge in [-0.15, -0.1) is 0 Å². The number of rotatable bonds is 2. The lowest BCUT2D eigenvalue weighted by Gasteiger charge is -2.35. The molecule has 0 radical (unpaired) electrons. The molecule has 0 saturated carbocycles.